The lowest BCUT2D eigenvalue weighted by Gasteiger charge is -2.22. The highest BCUT2D eigenvalue weighted by molar-refractivity contribution is 6.00. The van der Waals surface area contributed by atoms with Crippen LogP contribution in [-0.4, -0.2) is 26.0 Å². The summed E-state index contributed by atoms with van der Waals surface area (Å²) >= 11 is 0. The molecule has 1 aliphatic rings. The summed E-state index contributed by atoms with van der Waals surface area (Å²) in [6.07, 6.45) is 1.67. The topological polar surface area (TPSA) is 38.3 Å². The van der Waals surface area contributed by atoms with Crippen molar-refractivity contribution in [3.05, 3.63) is 29.6 Å². The number of ether oxygens (including phenoxy) is 1. The monoisotopic (exact) mass is 237 g/mol. The Kier molecular flexibility index (Phi) is 3.74. The maximum Gasteiger partial charge on any atom is 0.169 e. The molecule has 1 N–H and O–H groups in total. The molecule has 17 heavy (non-hydrogen) atoms. The Bertz CT molecular complexity index is 414. The zero-order chi connectivity index (χ0) is 12.3. The molecule has 0 saturated carbocycles. The first-order valence-corrected chi connectivity index (χ1v) is 5.81. The first-order valence-electron chi connectivity index (χ1n) is 5.81. The second-order valence-electron chi connectivity index (χ2n) is 4.23. The first-order chi connectivity index (χ1) is 8.22. The number of piperidine rings is 1. The zero-order valence-electron chi connectivity index (χ0n) is 9.83. The summed E-state index contributed by atoms with van der Waals surface area (Å²) in [7, 11) is 1.45. The molecule has 0 aromatic heterocycles. The molecular weight excluding hydrogens is 221 g/mol. The van der Waals surface area contributed by atoms with E-state index in [0.717, 1.165) is 25.9 Å². The lowest BCUT2D eigenvalue weighted by atomic mass is 9.89. The number of benzene rings is 1. The van der Waals surface area contributed by atoms with Gasteiger partial charge in [-0.25, -0.2) is 4.39 Å². The van der Waals surface area contributed by atoms with E-state index in [9.17, 15) is 9.18 Å². The van der Waals surface area contributed by atoms with E-state index in [4.69, 9.17) is 4.74 Å². The molecule has 0 radical (unpaired) electrons. The van der Waals surface area contributed by atoms with Gasteiger partial charge in [-0.1, -0.05) is 0 Å². The molecule has 1 heterocycles. The third kappa shape index (κ3) is 2.64. The summed E-state index contributed by atoms with van der Waals surface area (Å²) in [5, 5.41) is 3.22. The van der Waals surface area contributed by atoms with Crippen LogP contribution in [0.15, 0.2) is 18.2 Å². The van der Waals surface area contributed by atoms with Crippen LogP contribution in [0.5, 0.6) is 5.75 Å². The number of carbonyl (C=O) groups is 1. The highest BCUT2D eigenvalue weighted by Crippen LogP contribution is 2.25. The van der Waals surface area contributed by atoms with Crippen molar-refractivity contribution < 1.29 is 13.9 Å². The van der Waals surface area contributed by atoms with Crippen molar-refractivity contribution in [3.8, 4) is 5.75 Å². The molecular formula is C13H16FNO2. The average molecular weight is 237 g/mol. The number of hydrogen-bond donors (Lipinski definition) is 1. The predicted molar refractivity (Wildman–Crippen MR) is 62.9 cm³/mol. The van der Waals surface area contributed by atoms with Gasteiger partial charge in [-0.15, -0.1) is 0 Å². The van der Waals surface area contributed by atoms with Gasteiger partial charge < -0.3 is 10.1 Å². The van der Waals surface area contributed by atoms with Crippen LogP contribution >= 0.6 is 0 Å². The van der Waals surface area contributed by atoms with E-state index < -0.39 is 0 Å². The van der Waals surface area contributed by atoms with E-state index in [1.165, 1.54) is 25.3 Å². The van der Waals surface area contributed by atoms with Crippen LogP contribution in [0.3, 0.4) is 0 Å². The van der Waals surface area contributed by atoms with Crippen LogP contribution in [0.1, 0.15) is 23.2 Å². The molecule has 0 aliphatic carbocycles. The van der Waals surface area contributed by atoms with E-state index in [0.29, 0.717) is 11.3 Å². The number of nitrogens with one attached hydrogen (secondary N) is 1. The van der Waals surface area contributed by atoms with Crippen molar-refractivity contribution in [1.29, 1.82) is 0 Å². The fourth-order valence-electron chi connectivity index (χ4n) is 2.17. The van der Waals surface area contributed by atoms with Crippen LogP contribution < -0.4 is 10.1 Å². The summed E-state index contributed by atoms with van der Waals surface area (Å²) in [6.45, 7) is 1.72. The Morgan fingerprint density at radius 3 is 2.76 bits per heavy atom. The number of halogens is 1. The molecule has 1 aromatic rings. The number of hydrogen-bond acceptors (Lipinski definition) is 3. The lowest BCUT2D eigenvalue weighted by molar-refractivity contribution is 0.0892. The van der Waals surface area contributed by atoms with Gasteiger partial charge in [0.25, 0.3) is 0 Å². The average Bonchev–Trinajstić information content (AvgIpc) is 2.39. The van der Waals surface area contributed by atoms with Gasteiger partial charge >= 0.3 is 0 Å². The molecule has 92 valence electrons. The number of rotatable bonds is 3. The standard InChI is InChI=1S/C13H16FNO2/c1-17-12-8-10(14)2-3-11(12)13(16)9-4-6-15-7-5-9/h2-3,8-9,15H,4-7H2,1H3. The molecule has 0 bridgehead atoms. The van der Waals surface area contributed by atoms with E-state index in [1.807, 2.05) is 0 Å². The van der Waals surface area contributed by atoms with Crippen LogP contribution in [0.2, 0.25) is 0 Å². The molecule has 2 rings (SSSR count). The lowest BCUT2D eigenvalue weighted by Crippen LogP contribution is -2.32. The van der Waals surface area contributed by atoms with Crippen molar-refractivity contribution in [1.82, 2.24) is 5.32 Å². The van der Waals surface area contributed by atoms with E-state index in [2.05, 4.69) is 5.32 Å². The number of ketones is 1. The zero-order valence-corrected chi connectivity index (χ0v) is 9.83. The first kappa shape index (κ1) is 12.0. The predicted octanol–water partition coefficient (Wildman–Crippen LogP) is 2.02. The number of methoxy groups -OCH3 is 1. The SMILES string of the molecule is COc1cc(F)ccc1C(=O)C1CCNCC1. The van der Waals surface area contributed by atoms with Gasteiger partial charge in [-0.3, -0.25) is 4.79 Å². The highest BCUT2D eigenvalue weighted by atomic mass is 19.1. The molecule has 1 saturated heterocycles. The Morgan fingerprint density at radius 1 is 1.41 bits per heavy atom. The van der Waals surface area contributed by atoms with E-state index in [-0.39, 0.29) is 17.5 Å². The molecule has 0 atom stereocenters. The van der Waals surface area contributed by atoms with Crippen molar-refractivity contribution in [2.75, 3.05) is 20.2 Å². The van der Waals surface area contributed by atoms with Gasteiger partial charge in [0.2, 0.25) is 0 Å². The van der Waals surface area contributed by atoms with Crippen LogP contribution in [0.4, 0.5) is 4.39 Å². The quantitative estimate of drug-likeness (QED) is 0.817. The largest absolute Gasteiger partial charge is 0.496 e. The van der Waals surface area contributed by atoms with Gasteiger partial charge in [0.15, 0.2) is 5.78 Å². The minimum Gasteiger partial charge on any atom is -0.496 e. The maximum absolute atomic E-state index is 13.0. The van der Waals surface area contributed by atoms with E-state index in [1.54, 1.807) is 0 Å². The smallest absolute Gasteiger partial charge is 0.169 e. The normalized spacial score (nSPS) is 16.8. The number of carbonyl (C=O) groups excluding carboxylic acids is 1. The molecule has 1 aromatic carbocycles. The Hall–Kier alpha value is -1.42. The van der Waals surface area contributed by atoms with Crippen molar-refractivity contribution in [3.63, 3.8) is 0 Å². The number of Topliss-reactive ketones (excluding diaryl/α,β-unsaturated/α-hetero) is 1. The molecule has 3 nitrogen and oxygen atoms in total. The van der Waals surface area contributed by atoms with Crippen molar-refractivity contribution in [2.24, 2.45) is 5.92 Å². The molecule has 0 spiro atoms. The maximum atomic E-state index is 13.0. The Labute approximate surface area is 100.0 Å². The van der Waals surface area contributed by atoms with E-state index >= 15 is 0 Å². The Balaban J connectivity index is 2.23. The van der Waals surface area contributed by atoms with Crippen LogP contribution in [-0.2, 0) is 0 Å². The second-order valence-corrected chi connectivity index (χ2v) is 4.23. The minimum atomic E-state index is -0.385. The minimum absolute atomic E-state index is 0.0237. The van der Waals surface area contributed by atoms with Crippen LogP contribution in [0.25, 0.3) is 0 Å². The third-order valence-electron chi connectivity index (χ3n) is 3.14. The summed E-state index contributed by atoms with van der Waals surface area (Å²) < 4.78 is 18.1. The molecule has 0 amide bonds. The summed E-state index contributed by atoms with van der Waals surface area (Å²) in [6, 6.07) is 4.07. The summed E-state index contributed by atoms with van der Waals surface area (Å²) in [5.41, 5.74) is 0.487. The summed E-state index contributed by atoms with van der Waals surface area (Å²) in [4.78, 5) is 12.3. The summed E-state index contributed by atoms with van der Waals surface area (Å²) in [5.74, 6) is 0.0243. The third-order valence-corrected chi connectivity index (χ3v) is 3.14. The highest BCUT2D eigenvalue weighted by Gasteiger charge is 2.24. The van der Waals surface area contributed by atoms with Crippen LogP contribution in [0, 0.1) is 11.7 Å². The molecule has 1 aliphatic heterocycles. The molecule has 0 unspecified atom stereocenters. The fourth-order valence-corrected chi connectivity index (χ4v) is 2.17. The van der Waals surface area contributed by atoms with Gasteiger partial charge in [0.1, 0.15) is 11.6 Å². The Morgan fingerprint density at radius 2 is 2.12 bits per heavy atom. The second kappa shape index (κ2) is 5.27. The molecule has 1 fully saturated rings. The van der Waals surface area contributed by atoms with Gasteiger partial charge in [0, 0.05) is 12.0 Å². The van der Waals surface area contributed by atoms with Gasteiger partial charge in [-0.05, 0) is 38.1 Å². The fraction of sp³-hybridized carbons (Fsp3) is 0.462. The van der Waals surface area contributed by atoms with Gasteiger partial charge in [-0.2, -0.15) is 0 Å². The van der Waals surface area contributed by atoms with Crippen molar-refractivity contribution in [2.45, 2.75) is 12.8 Å². The van der Waals surface area contributed by atoms with Crippen molar-refractivity contribution >= 4 is 5.78 Å². The van der Waals surface area contributed by atoms with Gasteiger partial charge in [0.05, 0.1) is 12.7 Å². The molecule has 4 heteroatoms.